The summed E-state index contributed by atoms with van der Waals surface area (Å²) in [4.78, 5) is 11.5. The van der Waals surface area contributed by atoms with Crippen molar-refractivity contribution in [3.63, 3.8) is 0 Å². The van der Waals surface area contributed by atoms with Gasteiger partial charge in [-0.25, -0.2) is 4.39 Å². The first-order chi connectivity index (χ1) is 9.60. The molecular formula is C17H13FO2. The Morgan fingerprint density at radius 3 is 2.40 bits per heavy atom. The fraction of sp³-hybridized carbons (Fsp3) is 0.118. The summed E-state index contributed by atoms with van der Waals surface area (Å²) in [5.74, 6) is 5.95. The fourth-order valence-electron chi connectivity index (χ4n) is 1.73. The molecule has 0 aromatic heterocycles. The predicted molar refractivity (Wildman–Crippen MR) is 75.4 cm³/mol. The third-order valence-corrected chi connectivity index (χ3v) is 2.79. The molecule has 3 heteroatoms. The lowest BCUT2D eigenvalue weighted by Crippen LogP contribution is -1.97. The SMILES string of the molecule is COc1ccc(C#Cc2ccc(F)cc2C(C)=O)cc1. The maximum Gasteiger partial charge on any atom is 0.161 e. The highest BCUT2D eigenvalue weighted by Gasteiger charge is 2.06. The van der Waals surface area contributed by atoms with Gasteiger partial charge in [0, 0.05) is 16.7 Å². The molecule has 0 aliphatic rings. The third kappa shape index (κ3) is 3.24. The molecule has 0 amide bonds. The Morgan fingerprint density at radius 1 is 1.10 bits per heavy atom. The van der Waals surface area contributed by atoms with Gasteiger partial charge in [-0.15, -0.1) is 0 Å². The number of Topliss-reactive ketones (excluding diaryl/α,β-unsaturated/α-hetero) is 1. The van der Waals surface area contributed by atoms with Crippen molar-refractivity contribution in [1.29, 1.82) is 0 Å². The second-order valence-electron chi connectivity index (χ2n) is 4.22. The number of carbonyl (C=O) groups excluding carboxylic acids is 1. The first kappa shape index (κ1) is 13.8. The summed E-state index contributed by atoms with van der Waals surface area (Å²) in [6.45, 7) is 1.40. The molecule has 2 rings (SSSR count). The first-order valence-electron chi connectivity index (χ1n) is 6.06. The summed E-state index contributed by atoms with van der Waals surface area (Å²) in [6.07, 6.45) is 0. The number of benzene rings is 2. The number of hydrogen-bond donors (Lipinski definition) is 0. The molecule has 100 valence electrons. The molecule has 0 fully saturated rings. The molecular weight excluding hydrogens is 255 g/mol. The van der Waals surface area contributed by atoms with Crippen molar-refractivity contribution >= 4 is 5.78 Å². The Kier molecular flexibility index (Phi) is 4.17. The Balaban J connectivity index is 2.34. The summed E-state index contributed by atoms with van der Waals surface area (Å²) >= 11 is 0. The van der Waals surface area contributed by atoms with Crippen molar-refractivity contribution in [2.75, 3.05) is 7.11 Å². The normalized spacial score (nSPS) is 9.55. The van der Waals surface area contributed by atoms with Crippen LogP contribution in [0.15, 0.2) is 42.5 Å². The van der Waals surface area contributed by atoms with E-state index in [0.29, 0.717) is 11.1 Å². The van der Waals surface area contributed by atoms with Crippen molar-refractivity contribution in [2.24, 2.45) is 0 Å². The quantitative estimate of drug-likeness (QED) is 0.616. The van der Waals surface area contributed by atoms with Gasteiger partial charge in [0.25, 0.3) is 0 Å². The van der Waals surface area contributed by atoms with Crippen LogP contribution in [-0.4, -0.2) is 12.9 Å². The minimum absolute atomic E-state index is 0.205. The maximum absolute atomic E-state index is 13.1. The zero-order valence-electron chi connectivity index (χ0n) is 11.2. The molecule has 0 aliphatic heterocycles. The van der Waals surface area contributed by atoms with Gasteiger partial charge in [-0.05, 0) is 49.4 Å². The summed E-state index contributed by atoms with van der Waals surface area (Å²) in [6, 6.07) is 11.3. The second kappa shape index (κ2) is 6.03. The van der Waals surface area contributed by atoms with Crippen molar-refractivity contribution in [3.8, 4) is 17.6 Å². The monoisotopic (exact) mass is 268 g/mol. The van der Waals surface area contributed by atoms with Gasteiger partial charge in [0.2, 0.25) is 0 Å². The zero-order valence-corrected chi connectivity index (χ0v) is 11.2. The van der Waals surface area contributed by atoms with E-state index in [9.17, 15) is 9.18 Å². The lowest BCUT2D eigenvalue weighted by Gasteiger charge is -2.00. The highest BCUT2D eigenvalue weighted by Crippen LogP contribution is 2.13. The lowest BCUT2D eigenvalue weighted by molar-refractivity contribution is 0.101. The molecule has 0 spiro atoms. The molecule has 0 unspecified atom stereocenters. The maximum atomic E-state index is 13.1. The number of methoxy groups -OCH3 is 1. The van der Waals surface area contributed by atoms with Crippen molar-refractivity contribution < 1.29 is 13.9 Å². The van der Waals surface area contributed by atoms with Gasteiger partial charge in [-0.2, -0.15) is 0 Å². The van der Waals surface area contributed by atoms with E-state index < -0.39 is 5.82 Å². The smallest absolute Gasteiger partial charge is 0.161 e. The Bertz CT molecular complexity index is 691. The molecule has 0 saturated heterocycles. The van der Waals surface area contributed by atoms with Gasteiger partial charge in [-0.1, -0.05) is 11.8 Å². The van der Waals surface area contributed by atoms with Crippen LogP contribution in [0.2, 0.25) is 0 Å². The Hall–Kier alpha value is -2.60. The average molecular weight is 268 g/mol. The summed E-state index contributed by atoms with van der Waals surface area (Å²) in [5, 5.41) is 0. The Labute approximate surface area is 117 Å². The van der Waals surface area contributed by atoms with E-state index in [-0.39, 0.29) is 5.78 Å². The zero-order chi connectivity index (χ0) is 14.5. The van der Waals surface area contributed by atoms with Crippen LogP contribution in [0.4, 0.5) is 4.39 Å². The molecule has 20 heavy (non-hydrogen) atoms. The first-order valence-corrected chi connectivity index (χ1v) is 6.06. The van der Waals surface area contributed by atoms with Crippen LogP contribution < -0.4 is 4.74 Å². The van der Waals surface area contributed by atoms with Crippen LogP contribution in [-0.2, 0) is 0 Å². The van der Waals surface area contributed by atoms with Crippen molar-refractivity contribution in [1.82, 2.24) is 0 Å². The average Bonchev–Trinajstić information content (AvgIpc) is 2.46. The molecule has 2 aromatic carbocycles. The molecule has 0 heterocycles. The highest BCUT2D eigenvalue weighted by molar-refractivity contribution is 5.96. The topological polar surface area (TPSA) is 26.3 Å². The standard InChI is InChI=1S/C17H13FO2/c1-12(19)17-11-15(18)8-7-14(17)6-3-13-4-9-16(20-2)10-5-13/h4-5,7-11H,1-2H3. The number of ketones is 1. The molecule has 2 aromatic rings. The minimum Gasteiger partial charge on any atom is -0.497 e. The number of ether oxygens (including phenoxy) is 1. The largest absolute Gasteiger partial charge is 0.497 e. The van der Waals surface area contributed by atoms with Crippen LogP contribution in [0.25, 0.3) is 0 Å². The van der Waals surface area contributed by atoms with E-state index in [0.717, 1.165) is 11.3 Å². The van der Waals surface area contributed by atoms with Crippen LogP contribution >= 0.6 is 0 Å². The van der Waals surface area contributed by atoms with E-state index in [1.54, 1.807) is 19.2 Å². The van der Waals surface area contributed by atoms with Crippen LogP contribution in [0.1, 0.15) is 28.4 Å². The van der Waals surface area contributed by atoms with Crippen LogP contribution in [0.5, 0.6) is 5.75 Å². The highest BCUT2D eigenvalue weighted by atomic mass is 19.1. The summed E-state index contributed by atoms with van der Waals surface area (Å²) < 4.78 is 18.2. The van der Waals surface area contributed by atoms with Crippen molar-refractivity contribution in [2.45, 2.75) is 6.92 Å². The van der Waals surface area contributed by atoms with Crippen molar-refractivity contribution in [3.05, 3.63) is 65.0 Å². The van der Waals surface area contributed by atoms with Gasteiger partial charge in [0.05, 0.1) is 7.11 Å². The van der Waals surface area contributed by atoms with Gasteiger partial charge in [0.1, 0.15) is 11.6 Å². The molecule has 0 N–H and O–H groups in total. The Morgan fingerprint density at radius 2 is 1.80 bits per heavy atom. The second-order valence-corrected chi connectivity index (χ2v) is 4.22. The minimum atomic E-state index is -0.440. The summed E-state index contributed by atoms with van der Waals surface area (Å²) in [7, 11) is 1.60. The van der Waals surface area contributed by atoms with Crippen LogP contribution in [0, 0.1) is 17.7 Å². The van der Waals surface area contributed by atoms with E-state index in [1.807, 2.05) is 12.1 Å². The molecule has 0 bridgehead atoms. The number of rotatable bonds is 2. The van der Waals surface area contributed by atoms with Gasteiger partial charge in [-0.3, -0.25) is 4.79 Å². The van der Waals surface area contributed by atoms with Gasteiger partial charge >= 0.3 is 0 Å². The number of hydrogen-bond acceptors (Lipinski definition) is 2. The van der Waals surface area contributed by atoms with Gasteiger partial charge < -0.3 is 4.74 Å². The lowest BCUT2D eigenvalue weighted by atomic mass is 10.0. The summed E-state index contributed by atoms with van der Waals surface area (Å²) in [5.41, 5.74) is 1.62. The fourth-order valence-corrected chi connectivity index (χ4v) is 1.73. The van der Waals surface area contributed by atoms with E-state index in [2.05, 4.69) is 11.8 Å². The molecule has 0 aliphatic carbocycles. The molecule has 0 radical (unpaired) electrons. The number of halogens is 1. The third-order valence-electron chi connectivity index (χ3n) is 2.79. The van der Waals surface area contributed by atoms with Gasteiger partial charge in [0.15, 0.2) is 5.78 Å². The van der Waals surface area contributed by atoms with Crippen LogP contribution in [0.3, 0.4) is 0 Å². The number of carbonyl (C=O) groups is 1. The molecule has 0 saturated carbocycles. The van der Waals surface area contributed by atoms with E-state index in [4.69, 9.17) is 4.74 Å². The molecule has 0 atom stereocenters. The van der Waals surface area contributed by atoms with E-state index in [1.165, 1.54) is 25.1 Å². The molecule has 2 nitrogen and oxygen atoms in total. The van der Waals surface area contributed by atoms with E-state index >= 15 is 0 Å². The predicted octanol–water partition coefficient (Wildman–Crippen LogP) is 3.44.